The highest BCUT2D eigenvalue weighted by Crippen LogP contribution is 2.35. The second kappa shape index (κ2) is 6.14. The Hall–Kier alpha value is -2.07. The third-order valence-electron chi connectivity index (χ3n) is 3.89. The van der Waals surface area contributed by atoms with Crippen molar-refractivity contribution < 1.29 is 13.9 Å². The van der Waals surface area contributed by atoms with Crippen molar-refractivity contribution in [1.82, 2.24) is 5.32 Å². The molecule has 110 valence electrons. The molecule has 0 radical (unpaired) electrons. The third-order valence-corrected chi connectivity index (χ3v) is 3.89. The zero-order valence-electron chi connectivity index (χ0n) is 11.9. The molecule has 1 amide bonds. The molecule has 0 saturated carbocycles. The van der Waals surface area contributed by atoms with Crippen molar-refractivity contribution in [3.05, 3.63) is 60.1 Å². The Kier molecular flexibility index (Phi) is 4.06. The Bertz CT molecular complexity index is 571. The van der Waals surface area contributed by atoms with Crippen LogP contribution >= 0.6 is 0 Å². The Morgan fingerprint density at radius 2 is 2.05 bits per heavy atom. The monoisotopic (exact) mass is 285 g/mol. The molecule has 1 fully saturated rings. The number of benzene rings is 1. The Balaban J connectivity index is 1.65. The fourth-order valence-corrected chi connectivity index (χ4v) is 2.78. The van der Waals surface area contributed by atoms with Gasteiger partial charge in [0.2, 0.25) is 5.91 Å². The van der Waals surface area contributed by atoms with Gasteiger partial charge in [-0.05, 0) is 30.5 Å². The van der Waals surface area contributed by atoms with Gasteiger partial charge >= 0.3 is 0 Å². The quantitative estimate of drug-likeness (QED) is 0.919. The van der Waals surface area contributed by atoms with E-state index in [1.54, 1.807) is 18.4 Å². The lowest BCUT2D eigenvalue weighted by Gasteiger charge is -2.29. The number of amides is 1. The van der Waals surface area contributed by atoms with Crippen LogP contribution in [-0.4, -0.2) is 19.1 Å². The summed E-state index contributed by atoms with van der Waals surface area (Å²) < 4.78 is 11.2. The van der Waals surface area contributed by atoms with Gasteiger partial charge in [0.1, 0.15) is 11.4 Å². The molecule has 0 aliphatic carbocycles. The smallest absolute Gasteiger partial charge is 0.227 e. The van der Waals surface area contributed by atoms with Crippen LogP contribution < -0.4 is 5.32 Å². The third kappa shape index (κ3) is 3.16. The maximum absolute atomic E-state index is 12.0. The van der Waals surface area contributed by atoms with Crippen molar-refractivity contribution >= 4 is 5.91 Å². The number of ether oxygens (including phenoxy) is 1. The number of carbonyl (C=O) groups is 1. The van der Waals surface area contributed by atoms with Crippen LogP contribution in [0.4, 0.5) is 0 Å². The van der Waals surface area contributed by atoms with Crippen LogP contribution in [0.3, 0.4) is 0 Å². The van der Waals surface area contributed by atoms with Crippen LogP contribution in [-0.2, 0) is 21.6 Å². The standard InChI is InChI=1S/C17H19NO3/c19-16(12-15-8-4-10-20-15)18-13-17(9-5-11-21-17)14-6-2-1-3-7-14/h1-4,6-8,10H,5,9,11-13H2,(H,18,19). The molecule has 21 heavy (non-hydrogen) atoms. The number of rotatable bonds is 5. The first-order valence-corrected chi connectivity index (χ1v) is 7.27. The fourth-order valence-electron chi connectivity index (χ4n) is 2.78. The van der Waals surface area contributed by atoms with Gasteiger partial charge in [-0.25, -0.2) is 0 Å². The summed E-state index contributed by atoms with van der Waals surface area (Å²) in [7, 11) is 0. The molecule has 1 N–H and O–H groups in total. The molecule has 1 aromatic heterocycles. The van der Waals surface area contributed by atoms with Gasteiger partial charge in [0.05, 0.1) is 19.2 Å². The summed E-state index contributed by atoms with van der Waals surface area (Å²) in [6.07, 6.45) is 3.78. The minimum Gasteiger partial charge on any atom is -0.469 e. The van der Waals surface area contributed by atoms with Crippen molar-refractivity contribution in [2.45, 2.75) is 24.9 Å². The maximum atomic E-state index is 12.0. The lowest BCUT2D eigenvalue weighted by molar-refractivity contribution is -0.122. The number of nitrogens with one attached hydrogen (secondary N) is 1. The number of hydrogen-bond donors (Lipinski definition) is 1. The first-order chi connectivity index (χ1) is 10.3. The van der Waals surface area contributed by atoms with Gasteiger partial charge in [-0.15, -0.1) is 0 Å². The zero-order chi connectivity index (χ0) is 14.5. The minimum atomic E-state index is -0.389. The largest absolute Gasteiger partial charge is 0.469 e. The molecule has 2 aromatic rings. The topological polar surface area (TPSA) is 51.5 Å². The van der Waals surface area contributed by atoms with Crippen molar-refractivity contribution in [2.24, 2.45) is 0 Å². The van der Waals surface area contributed by atoms with E-state index in [1.165, 1.54) is 0 Å². The molecule has 1 aliphatic heterocycles. The number of carbonyl (C=O) groups excluding carboxylic acids is 1. The van der Waals surface area contributed by atoms with Crippen molar-refractivity contribution in [3.8, 4) is 0 Å². The summed E-state index contributed by atoms with van der Waals surface area (Å²) in [5, 5.41) is 2.98. The average Bonchev–Trinajstić information content (AvgIpc) is 3.18. The molecular weight excluding hydrogens is 266 g/mol. The van der Waals surface area contributed by atoms with Crippen LogP contribution in [0, 0.1) is 0 Å². The SMILES string of the molecule is O=C(Cc1ccco1)NCC1(c2ccccc2)CCCO1. The highest BCUT2D eigenvalue weighted by atomic mass is 16.5. The molecule has 1 aliphatic rings. The molecule has 1 aromatic carbocycles. The van der Waals surface area contributed by atoms with Gasteiger partial charge in [0.15, 0.2) is 0 Å². The molecule has 3 rings (SSSR count). The predicted octanol–water partition coefficient (Wildman–Crippen LogP) is 2.64. The van der Waals surface area contributed by atoms with Crippen LogP contribution in [0.15, 0.2) is 53.1 Å². The highest BCUT2D eigenvalue weighted by Gasteiger charge is 2.37. The van der Waals surface area contributed by atoms with Gasteiger partial charge in [0.25, 0.3) is 0 Å². The van der Waals surface area contributed by atoms with Gasteiger partial charge < -0.3 is 14.5 Å². The summed E-state index contributed by atoms with van der Waals surface area (Å²) in [5.41, 5.74) is 0.737. The van der Waals surface area contributed by atoms with E-state index in [-0.39, 0.29) is 17.9 Å². The van der Waals surface area contributed by atoms with E-state index in [0.717, 1.165) is 25.0 Å². The summed E-state index contributed by atoms with van der Waals surface area (Å²) in [6.45, 7) is 1.24. The van der Waals surface area contributed by atoms with E-state index in [1.807, 2.05) is 18.2 Å². The lowest BCUT2D eigenvalue weighted by atomic mass is 9.90. The number of furan rings is 1. The molecule has 1 atom stereocenters. The van der Waals surface area contributed by atoms with Gasteiger partial charge in [-0.1, -0.05) is 30.3 Å². The van der Waals surface area contributed by atoms with E-state index in [0.29, 0.717) is 12.3 Å². The minimum absolute atomic E-state index is 0.0456. The van der Waals surface area contributed by atoms with E-state index in [2.05, 4.69) is 17.4 Å². The van der Waals surface area contributed by atoms with Gasteiger partial charge in [-0.2, -0.15) is 0 Å². The molecule has 1 unspecified atom stereocenters. The maximum Gasteiger partial charge on any atom is 0.227 e. The van der Waals surface area contributed by atoms with E-state index in [9.17, 15) is 4.79 Å². The van der Waals surface area contributed by atoms with E-state index in [4.69, 9.17) is 9.15 Å². The lowest BCUT2D eigenvalue weighted by Crippen LogP contribution is -2.40. The second-order valence-electron chi connectivity index (χ2n) is 5.35. The second-order valence-corrected chi connectivity index (χ2v) is 5.35. The van der Waals surface area contributed by atoms with Gasteiger partial charge in [-0.3, -0.25) is 4.79 Å². The highest BCUT2D eigenvalue weighted by molar-refractivity contribution is 5.78. The number of hydrogen-bond acceptors (Lipinski definition) is 3. The van der Waals surface area contributed by atoms with Crippen LogP contribution in [0.2, 0.25) is 0 Å². The molecule has 4 heteroatoms. The van der Waals surface area contributed by atoms with Crippen LogP contribution in [0.1, 0.15) is 24.2 Å². The van der Waals surface area contributed by atoms with Crippen molar-refractivity contribution in [1.29, 1.82) is 0 Å². The summed E-state index contributed by atoms with van der Waals surface area (Å²) in [4.78, 5) is 12.0. The first-order valence-electron chi connectivity index (χ1n) is 7.27. The van der Waals surface area contributed by atoms with Crippen molar-refractivity contribution in [3.63, 3.8) is 0 Å². The predicted molar refractivity (Wildman–Crippen MR) is 78.7 cm³/mol. The van der Waals surface area contributed by atoms with Crippen LogP contribution in [0.25, 0.3) is 0 Å². The molecular formula is C17H19NO3. The van der Waals surface area contributed by atoms with Crippen LogP contribution in [0.5, 0.6) is 0 Å². The average molecular weight is 285 g/mol. The first kappa shape index (κ1) is 13.9. The molecule has 0 bridgehead atoms. The van der Waals surface area contributed by atoms with E-state index >= 15 is 0 Å². The Labute approximate surface area is 124 Å². The van der Waals surface area contributed by atoms with Gasteiger partial charge in [0, 0.05) is 6.61 Å². The summed E-state index contributed by atoms with van der Waals surface area (Å²) in [6, 6.07) is 13.7. The Morgan fingerprint density at radius 3 is 2.71 bits per heavy atom. The molecule has 2 heterocycles. The zero-order valence-corrected chi connectivity index (χ0v) is 11.9. The Morgan fingerprint density at radius 1 is 1.19 bits per heavy atom. The summed E-state index contributed by atoms with van der Waals surface area (Å²) in [5.74, 6) is 0.629. The summed E-state index contributed by atoms with van der Waals surface area (Å²) >= 11 is 0. The molecule has 4 nitrogen and oxygen atoms in total. The van der Waals surface area contributed by atoms with Crippen molar-refractivity contribution in [2.75, 3.05) is 13.2 Å². The molecule has 1 saturated heterocycles. The molecule has 0 spiro atoms. The normalized spacial score (nSPS) is 21.3. The fraction of sp³-hybridized carbons (Fsp3) is 0.353. The van der Waals surface area contributed by atoms with E-state index < -0.39 is 0 Å².